The van der Waals surface area contributed by atoms with E-state index in [1.54, 1.807) is 30.3 Å². The highest BCUT2D eigenvalue weighted by Gasteiger charge is 2.28. The van der Waals surface area contributed by atoms with Crippen molar-refractivity contribution in [3.05, 3.63) is 75.4 Å². The average molecular weight is 495 g/mol. The standard InChI is InChI=1S/C26H26N2O6S/c1-4-33-14-15-34-22-21-23(35-24(22)26(31)27(2)32-3)18-12-8-9-13-19(18)28(25(21)30)16-20(29)17-10-6-5-7-11-17/h5-13H,4,14-16H2,1-3H3. The second-order valence-corrected chi connectivity index (χ2v) is 8.71. The van der Waals surface area contributed by atoms with E-state index in [-0.39, 0.29) is 34.9 Å². The fraction of sp³-hybridized carbons (Fsp3) is 0.269. The van der Waals surface area contributed by atoms with E-state index in [2.05, 4.69) is 0 Å². The first kappa shape index (κ1) is 24.6. The van der Waals surface area contributed by atoms with Gasteiger partial charge in [0.15, 0.2) is 11.5 Å². The van der Waals surface area contributed by atoms with Crippen LogP contribution in [0.3, 0.4) is 0 Å². The number of ketones is 1. The Labute approximate surface area is 206 Å². The monoisotopic (exact) mass is 494 g/mol. The summed E-state index contributed by atoms with van der Waals surface area (Å²) in [4.78, 5) is 45.3. The van der Waals surface area contributed by atoms with E-state index in [0.29, 0.717) is 29.0 Å². The molecule has 2 aromatic heterocycles. The Morgan fingerprint density at radius 1 is 1.03 bits per heavy atom. The third-order valence-electron chi connectivity index (χ3n) is 5.59. The van der Waals surface area contributed by atoms with Crippen LogP contribution in [-0.4, -0.2) is 55.3 Å². The number of carbonyl (C=O) groups excluding carboxylic acids is 2. The van der Waals surface area contributed by atoms with Gasteiger partial charge in [-0.15, -0.1) is 11.3 Å². The molecule has 2 aromatic carbocycles. The van der Waals surface area contributed by atoms with Gasteiger partial charge in [-0.05, 0) is 13.0 Å². The summed E-state index contributed by atoms with van der Waals surface area (Å²) in [6, 6.07) is 16.2. The molecule has 4 aromatic rings. The molecule has 9 heteroatoms. The molecule has 182 valence electrons. The number of para-hydroxylation sites is 1. The minimum Gasteiger partial charge on any atom is -0.489 e. The number of rotatable bonds is 10. The zero-order chi connectivity index (χ0) is 24.9. The number of nitrogens with zero attached hydrogens (tertiary/aromatic N) is 2. The van der Waals surface area contributed by atoms with E-state index in [9.17, 15) is 14.4 Å². The molecule has 0 unspecified atom stereocenters. The molecule has 0 N–H and O–H groups in total. The van der Waals surface area contributed by atoms with Crippen molar-refractivity contribution in [3.8, 4) is 5.75 Å². The molecule has 0 aliphatic rings. The maximum atomic E-state index is 13.8. The van der Waals surface area contributed by atoms with Gasteiger partial charge in [-0.1, -0.05) is 48.5 Å². The SMILES string of the molecule is CCOCCOc1c(C(=O)N(C)OC)sc2c1c(=O)n(CC(=O)c1ccccc1)c1ccccc21. The number of hydroxylamine groups is 2. The Hall–Kier alpha value is -3.53. The van der Waals surface area contributed by atoms with Gasteiger partial charge in [-0.2, -0.15) is 0 Å². The summed E-state index contributed by atoms with van der Waals surface area (Å²) in [5.74, 6) is -0.451. The average Bonchev–Trinajstić information content (AvgIpc) is 3.28. The van der Waals surface area contributed by atoms with Gasteiger partial charge in [0.1, 0.15) is 16.9 Å². The van der Waals surface area contributed by atoms with Crippen molar-refractivity contribution in [2.75, 3.05) is 34.0 Å². The fourth-order valence-corrected chi connectivity index (χ4v) is 5.05. The van der Waals surface area contributed by atoms with Crippen molar-refractivity contribution in [2.24, 2.45) is 0 Å². The second-order valence-electron chi connectivity index (χ2n) is 7.69. The number of benzene rings is 2. The highest BCUT2D eigenvalue weighted by molar-refractivity contribution is 7.22. The minimum atomic E-state index is -0.435. The van der Waals surface area contributed by atoms with Gasteiger partial charge in [0.25, 0.3) is 11.5 Å². The number of aromatic nitrogens is 1. The van der Waals surface area contributed by atoms with Crippen molar-refractivity contribution >= 4 is 44.0 Å². The molecule has 2 heterocycles. The minimum absolute atomic E-state index is 0.144. The van der Waals surface area contributed by atoms with Crippen molar-refractivity contribution < 1.29 is 23.9 Å². The Morgan fingerprint density at radius 3 is 2.46 bits per heavy atom. The lowest BCUT2D eigenvalue weighted by molar-refractivity contribution is -0.0755. The number of amides is 1. The van der Waals surface area contributed by atoms with E-state index < -0.39 is 11.5 Å². The molecule has 0 atom stereocenters. The van der Waals surface area contributed by atoms with Crippen LogP contribution in [0.1, 0.15) is 27.0 Å². The zero-order valence-corrected chi connectivity index (χ0v) is 20.6. The summed E-state index contributed by atoms with van der Waals surface area (Å²) < 4.78 is 13.4. The van der Waals surface area contributed by atoms with Crippen LogP contribution in [-0.2, 0) is 16.1 Å². The van der Waals surface area contributed by atoms with Gasteiger partial charge < -0.3 is 9.47 Å². The number of hydrogen-bond donors (Lipinski definition) is 0. The number of fused-ring (bicyclic) bond motifs is 3. The lowest BCUT2D eigenvalue weighted by atomic mass is 10.1. The molecular formula is C26H26N2O6S. The molecule has 0 aliphatic carbocycles. The van der Waals surface area contributed by atoms with Crippen LogP contribution in [0, 0.1) is 0 Å². The summed E-state index contributed by atoms with van der Waals surface area (Å²) in [6.45, 7) is 2.71. The first-order valence-electron chi connectivity index (χ1n) is 11.2. The maximum Gasteiger partial charge on any atom is 0.291 e. The van der Waals surface area contributed by atoms with Gasteiger partial charge in [0.2, 0.25) is 0 Å². The van der Waals surface area contributed by atoms with Crippen LogP contribution in [0.5, 0.6) is 5.75 Å². The van der Waals surface area contributed by atoms with Gasteiger partial charge in [-0.3, -0.25) is 23.8 Å². The van der Waals surface area contributed by atoms with Crippen LogP contribution in [0.4, 0.5) is 0 Å². The van der Waals surface area contributed by atoms with Crippen molar-refractivity contribution in [1.29, 1.82) is 0 Å². The third-order valence-corrected chi connectivity index (χ3v) is 6.79. The number of pyridine rings is 1. The Kier molecular flexibility index (Phi) is 7.60. The van der Waals surface area contributed by atoms with Crippen molar-refractivity contribution in [3.63, 3.8) is 0 Å². The lowest BCUT2D eigenvalue weighted by Gasteiger charge is -2.14. The maximum absolute atomic E-state index is 13.8. The van der Waals surface area contributed by atoms with E-state index in [1.165, 1.54) is 30.1 Å². The summed E-state index contributed by atoms with van der Waals surface area (Å²) in [5, 5.41) is 2.10. The molecule has 4 rings (SSSR count). The molecular weight excluding hydrogens is 468 g/mol. The van der Waals surface area contributed by atoms with Crippen molar-refractivity contribution in [2.45, 2.75) is 13.5 Å². The Balaban J connectivity index is 1.93. The third kappa shape index (κ3) is 4.84. The molecule has 35 heavy (non-hydrogen) atoms. The molecule has 0 aliphatic heterocycles. The first-order chi connectivity index (χ1) is 17.0. The van der Waals surface area contributed by atoms with Crippen LogP contribution >= 0.6 is 11.3 Å². The van der Waals surface area contributed by atoms with Gasteiger partial charge in [-0.25, -0.2) is 5.06 Å². The van der Waals surface area contributed by atoms with E-state index in [4.69, 9.17) is 14.3 Å². The predicted octanol–water partition coefficient (Wildman–Crippen LogP) is 4.15. The molecule has 0 spiro atoms. The molecule has 0 fully saturated rings. The largest absolute Gasteiger partial charge is 0.489 e. The fourth-order valence-electron chi connectivity index (χ4n) is 3.81. The van der Waals surface area contributed by atoms with Crippen molar-refractivity contribution in [1.82, 2.24) is 9.63 Å². The van der Waals surface area contributed by atoms with E-state index in [1.807, 2.05) is 31.2 Å². The molecule has 8 nitrogen and oxygen atoms in total. The molecule has 0 bridgehead atoms. The van der Waals surface area contributed by atoms with Crippen LogP contribution < -0.4 is 10.3 Å². The summed E-state index contributed by atoms with van der Waals surface area (Å²) >= 11 is 1.17. The molecule has 0 radical (unpaired) electrons. The van der Waals surface area contributed by atoms with Crippen LogP contribution in [0.25, 0.3) is 21.0 Å². The number of carbonyl (C=O) groups is 2. The Morgan fingerprint density at radius 2 is 1.74 bits per heavy atom. The lowest BCUT2D eigenvalue weighted by Crippen LogP contribution is -2.26. The highest BCUT2D eigenvalue weighted by atomic mass is 32.1. The summed E-state index contributed by atoms with van der Waals surface area (Å²) in [6.07, 6.45) is 0. The number of ether oxygens (including phenoxy) is 2. The van der Waals surface area contributed by atoms with Crippen LogP contribution in [0.2, 0.25) is 0 Å². The number of thiophene rings is 1. The van der Waals surface area contributed by atoms with Crippen LogP contribution in [0.15, 0.2) is 59.4 Å². The summed E-state index contributed by atoms with van der Waals surface area (Å²) in [5.41, 5.74) is 0.722. The summed E-state index contributed by atoms with van der Waals surface area (Å²) in [7, 11) is 2.88. The quantitative estimate of drug-likeness (QED) is 0.187. The predicted molar refractivity (Wildman–Crippen MR) is 135 cm³/mol. The molecule has 0 saturated heterocycles. The molecule has 1 amide bonds. The topological polar surface area (TPSA) is 87.1 Å². The number of Topliss-reactive ketones (excluding diaryl/α,β-unsaturated/α-hetero) is 1. The Bertz CT molecular complexity index is 1430. The highest BCUT2D eigenvalue weighted by Crippen LogP contribution is 2.40. The molecule has 0 saturated carbocycles. The smallest absolute Gasteiger partial charge is 0.291 e. The normalized spacial score (nSPS) is 11.2. The van der Waals surface area contributed by atoms with Gasteiger partial charge >= 0.3 is 0 Å². The van der Waals surface area contributed by atoms with Gasteiger partial charge in [0.05, 0.1) is 30.5 Å². The second kappa shape index (κ2) is 10.8. The zero-order valence-electron chi connectivity index (χ0n) is 19.8. The van der Waals surface area contributed by atoms with Gasteiger partial charge in [0, 0.05) is 24.6 Å². The first-order valence-corrected chi connectivity index (χ1v) is 12.0. The van der Waals surface area contributed by atoms with E-state index in [0.717, 1.165) is 10.4 Å². The van der Waals surface area contributed by atoms with E-state index >= 15 is 0 Å². The number of hydrogen-bond acceptors (Lipinski definition) is 7.